The Morgan fingerprint density at radius 3 is 3.04 bits per heavy atom. The molecule has 0 bridgehead atoms. The Balaban J connectivity index is 1.43. The van der Waals surface area contributed by atoms with Crippen LogP contribution in [-0.4, -0.2) is 27.1 Å². The number of amides is 2. The number of carbonyl (C=O) groups excluding carboxylic acids is 1. The summed E-state index contributed by atoms with van der Waals surface area (Å²) in [5.74, 6) is 1.18. The number of nitrogens with zero attached hydrogens (tertiary/aromatic N) is 3. The summed E-state index contributed by atoms with van der Waals surface area (Å²) in [4.78, 5) is 21.2. The molecule has 0 saturated heterocycles. The zero-order chi connectivity index (χ0) is 16.9. The fraction of sp³-hybridized carbons (Fsp3) is 0.588. The molecule has 3 rings (SSSR count). The standard InChI is InChI=1S/C17H25N5OS/c1-3-16-21-14(11-24-16)12(2)19-17(23)18-8-7-13-10-22-9-5-4-6-15(22)20-13/h10-12H,3-9H2,1-2H3,(H2,18,19,23)/t12-/m0/s1. The van der Waals surface area contributed by atoms with E-state index in [1.165, 1.54) is 18.7 Å². The van der Waals surface area contributed by atoms with Gasteiger partial charge < -0.3 is 15.2 Å². The van der Waals surface area contributed by atoms with Gasteiger partial charge >= 0.3 is 6.03 Å². The number of urea groups is 1. The minimum Gasteiger partial charge on any atom is -0.338 e. The number of aryl methyl sites for hydroxylation is 3. The maximum absolute atomic E-state index is 12.0. The van der Waals surface area contributed by atoms with Gasteiger partial charge in [-0.25, -0.2) is 14.8 Å². The van der Waals surface area contributed by atoms with E-state index in [-0.39, 0.29) is 12.1 Å². The van der Waals surface area contributed by atoms with Gasteiger partial charge in [-0.3, -0.25) is 0 Å². The Labute approximate surface area is 146 Å². The van der Waals surface area contributed by atoms with Crippen LogP contribution in [0, 0.1) is 0 Å². The molecule has 130 valence electrons. The molecule has 2 aromatic heterocycles. The Morgan fingerprint density at radius 1 is 1.42 bits per heavy atom. The highest BCUT2D eigenvalue weighted by molar-refractivity contribution is 7.09. The molecule has 6 nitrogen and oxygen atoms in total. The molecule has 0 saturated carbocycles. The first kappa shape index (κ1) is 17.0. The molecule has 3 heterocycles. The molecule has 2 aromatic rings. The number of hydrogen-bond donors (Lipinski definition) is 2. The van der Waals surface area contributed by atoms with Crippen molar-refractivity contribution in [3.8, 4) is 0 Å². The molecule has 2 N–H and O–H groups in total. The number of hydrogen-bond acceptors (Lipinski definition) is 4. The van der Waals surface area contributed by atoms with Crippen LogP contribution in [0.15, 0.2) is 11.6 Å². The van der Waals surface area contributed by atoms with Gasteiger partial charge in [0.15, 0.2) is 0 Å². The van der Waals surface area contributed by atoms with E-state index in [4.69, 9.17) is 0 Å². The van der Waals surface area contributed by atoms with Gasteiger partial charge in [0.25, 0.3) is 0 Å². The van der Waals surface area contributed by atoms with Crippen molar-refractivity contribution in [1.29, 1.82) is 0 Å². The molecule has 7 heteroatoms. The second-order valence-corrected chi connectivity index (χ2v) is 7.13. The van der Waals surface area contributed by atoms with Gasteiger partial charge in [0.1, 0.15) is 5.82 Å². The number of rotatable bonds is 6. The second-order valence-electron chi connectivity index (χ2n) is 6.19. The lowest BCUT2D eigenvalue weighted by Crippen LogP contribution is -2.38. The molecule has 0 spiro atoms. The third-order valence-electron chi connectivity index (χ3n) is 4.29. The second kappa shape index (κ2) is 7.79. The number of nitrogens with one attached hydrogen (secondary N) is 2. The zero-order valence-corrected chi connectivity index (χ0v) is 15.2. The number of fused-ring (bicyclic) bond motifs is 1. The number of imidazole rings is 1. The summed E-state index contributed by atoms with van der Waals surface area (Å²) in [6, 6.07) is -0.237. The van der Waals surface area contributed by atoms with Gasteiger partial charge in [-0.15, -0.1) is 11.3 Å². The van der Waals surface area contributed by atoms with Crippen LogP contribution in [-0.2, 0) is 25.8 Å². The van der Waals surface area contributed by atoms with Crippen molar-refractivity contribution in [2.75, 3.05) is 6.54 Å². The van der Waals surface area contributed by atoms with Crippen LogP contribution in [0.1, 0.15) is 55.0 Å². The summed E-state index contributed by atoms with van der Waals surface area (Å²) < 4.78 is 2.24. The molecule has 2 amide bonds. The molecule has 0 fully saturated rings. The lowest BCUT2D eigenvalue weighted by molar-refractivity contribution is 0.238. The minimum atomic E-state index is -0.155. The molecule has 0 aliphatic carbocycles. The summed E-state index contributed by atoms with van der Waals surface area (Å²) in [6.07, 6.45) is 7.34. The van der Waals surface area contributed by atoms with Gasteiger partial charge in [0, 0.05) is 37.5 Å². The summed E-state index contributed by atoms with van der Waals surface area (Å²) in [6.45, 7) is 5.70. The van der Waals surface area contributed by atoms with Gasteiger partial charge in [-0.1, -0.05) is 6.92 Å². The van der Waals surface area contributed by atoms with Gasteiger partial charge in [0.2, 0.25) is 0 Å². The number of thiazole rings is 1. The molecule has 24 heavy (non-hydrogen) atoms. The van der Waals surface area contributed by atoms with Crippen molar-refractivity contribution in [2.24, 2.45) is 0 Å². The molecule has 1 atom stereocenters. The summed E-state index contributed by atoms with van der Waals surface area (Å²) in [5, 5.41) is 8.96. The Kier molecular flexibility index (Phi) is 5.50. The van der Waals surface area contributed by atoms with Gasteiger partial charge in [-0.2, -0.15) is 0 Å². The molecule has 1 aliphatic rings. The average Bonchev–Trinajstić information content (AvgIpc) is 3.21. The number of carbonyl (C=O) groups is 1. The van der Waals surface area contributed by atoms with Gasteiger partial charge in [-0.05, 0) is 26.2 Å². The van der Waals surface area contributed by atoms with E-state index in [9.17, 15) is 4.79 Å². The normalized spacial score (nSPS) is 14.9. The third kappa shape index (κ3) is 4.14. The largest absolute Gasteiger partial charge is 0.338 e. The van der Waals surface area contributed by atoms with E-state index in [0.717, 1.165) is 42.2 Å². The van der Waals surface area contributed by atoms with Crippen LogP contribution >= 0.6 is 11.3 Å². The highest BCUT2D eigenvalue weighted by Crippen LogP contribution is 2.17. The van der Waals surface area contributed by atoms with E-state index in [1.54, 1.807) is 11.3 Å². The van der Waals surface area contributed by atoms with E-state index >= 15 is 0 Å². The quantitative estimate of drug-likeness (QED) is 0.844. The van der Waals surface area contributed by atoms with Crippen LogP contribution < -0.4 is 10.6 Å². The lowest BCUT2D eigenvalue weighted by atomic mass is 10.2. The van der Waals surface area contributed by atoms with Crippen molar-refractivity contribution >= 4 is 17.4 Å². The first-order valence-electron chi connectivity index (χ1n) is 8.69. The Hall–Kier alpha value is -1.89. The monoisotopic (exact) mass is 347 g/mol. The highest BCUT2D eigenvalue weighted by Gasteiger charge is 2.14. The maximum atomic E-state index is 12.0. The molecule has 1 aliphatic heterocycles. The highest BCUT2D eigenvalue weighted by atomic mass is 32.1. The van der Waals surface area contributed by atoms with Crippen LogP contribution in [0.2, 0.25) is 0 Å². The van der Waals surface area contributed by atoms with Crippen molar-refractivity contribution < 1.29 is 4.79 Å². The average molecular weight is 347 g/mol. The Morgan fingerprint density at radius 2 is 2.29 bits per heavy atom. The molecular weight excluding hydrogens is 322 g/mol. The predicted octanol–water partition coefficient (Wildman–Crippen LogP) is 2.84. The molecule has 0 aromatic carbocycles. The van der Waals surface area contributed by atoms with Crippen molar-refractivity contribution in [3.63, 3.8) is 0 Å². The minimum absolute atomic E-state index is 0.0820. The third-order valence-corrected chi connectivity index (χ3v) is 5.30. The smallest absolute Gasteiger partial charge is 0.315 e. The SMILES string of the molecule is CCc1nc([C@H](C)NC(=O)NCCc2cn3c(n2)CCCC3)cs1. The molecular formula is C17H25N5OS. The first-order chi connectivity index (χ1) is 11.7. The van der Waals surface area contributed by atoms with E-state index in [2.05, 4.69) is 38.3 Å². The van der Waals surface area contributed by atoms with E-state index in [1.807, 2.05) is 12.3 Å². The lowest BCUT2D eigenvalue weighted by Gasteiger charge is -2.12. The molecule has 0 unspecified atom stereocenters. The van der Waals surface area contributed by atoms with Crippen molar-refractivity contribution in [3.05, 3.63) is 33.8 Å². The van der Waals surface area contributed by atoms with Crippen molar-refractivity contribution in [1.82, 2.24) is 25.2 Å². The fourth-order valence-electron chi connectivity index (χ4n) is 2.90. The number of aromatic nitrogens is 3. The Bertz CT molecular complexity index is 669. The van der Waals surface area contributed by atoms with Crippen molar-refractivity contribution in [2.45, 2.75) is 58.5 Å². The topological polar surface area (TPSA) is 71.8 Å². The fourth-order valence-corrected chi connectivity index (χ4v) is 3.74. The van der Waals surface area contributed by atoms with Crippen LogP contribution in [0.3, 0.4) is 0 Å². The molecule has 0 radical (unpaired) electrons. The van der Waals surface area contributed by atoms with Crippen LogP contribution in [0.4, 0.5) is 4.79 Å². The van der Waals surface area contributed by atoms with Gasteiger partial charge in [0.05, 0.1) is 22.4 Å². The first-order valence-corrected chi connectivity index (χ1v) is 9.57. The van der Waals surface area contributed by atoms with E-state index < -0.39 is 0 Å². The predicted molar refractivity (Wildman–Crippen MR) is 95.3 cm³/mol. The zero-order valence-electron chi connectivity index (χ0n) is 14.3. The maximum Gasteiger partial charge on any atom is 0.315 e. The van der Waals surface area contributed by atoms with E-state index in [0.29, 0.717) is 6.54 Å². The summed E-state index contributed by atoms with van der Waals surface area (Å²) in [7, 11) is 0. The van der Waals surface area contributed by atoms with Crippen LogP contribution in [0.5, 0.6) is 0 Å². The van der Waals surface area contributed by atoms with Crippen LogP contribution in [0.25, 0.3) is 0 Å². The summed E-state index contributed by atoms with van der Waals surface area (Å²) >= 11 is 1.64. The summed E-state index contributed by atoms with van der Waals surface area (Å²) in [5.41, 5.74) is 1.99.